The Balaban J connectivity index is 1.09. The van der Waals surface area contributed by atoms with E-state index in [1.165, 1.54) is 12.1 Å². The lowest BCUT2D eigenvalue weighted by Crippen LogP contribution is -2.25. The molecule has 202 valence electrons. The number of aryl methyl sites for hydroxylation is 1. The summed E-state index contributed by atoms with van der Waals surface area (Å²) in [7, 11) is 0. The summed E-state index contributed by atoms with van der Waals surface area (Å²) >= 11 is 5.42. The standard InChI is InChI=1S/C30H23F3N4O2S/c31-30(32,33)38-22-12-9-20(10-13-22)28-25-15-11-21-16-18(8-14-24(21)27(25)37-39-28)17-34-36-29(40)35-26-7-3-5-19-4-1-2-6-23(19)26/h1-10,12-14,16-17,25,28H,11,15H2,(H2,35,36,40)/b34-17+. The van der Waals surface area contributed by atoms with Crippen LogP contribution >= 0.6 is 12.2 Å². The van der Waals surface area contributed by atoms with Crippen molar-refractivity contribution in [2.45, 2.75) is 25.3 Å². The molecule has 0 saturated heterocycles. The molecule has 0 spiro atoms. The van der Waals surface area contributed by atoms with Gasteiger partial charge in [-0.15, -0.1) is 13.2 Å². The van der Waals surface area contributed by atoms with Crippen molar-refractivity contribution < 1.29 is 22.7 Å². The van der Waals surface area contributed by atoms with E-state index in [1.54, 1.807) is 18.3 Å². The van der Waals surface area contributed by atoms with Gasteiger partial charge in [-0.05, 0) is 71.4 Å². The SMILES string of the molecule is FC(F)(F)Oc1ccc(C2ON=C3c4ccc(/C=N/NC(=S)Nc5cccc6ccccc56)cc4CCC32)cc1. The van der Waals surface area contributed by atoms with Gasteiger partial charge in [0.15, 0.2) is 11.2 Å². The number of thiocarbonyl (C=S) groups is 1. The Morgan fingerprint density at radius 3 is 2.65 bits per heavy atom. The first-order chi connectivity index (χ1) is 19.3. The van der Waals surface area contributed by atoms with Gasteiger partial charge in [-0.1, -0.05) is 65.8 Å². The molecular weight excluding hydrogens is 537 g/mol. The van der Waals surface area contributed by atoms with E-state index in [0.717, 1.165) is 57.3 Å². The van der Waals surface area contributed by atoms with Crippen molar-refractivity contribution in [1.82, 2.24) is 5.43 Å². The number of oxime groups is 1. The number of halogens is 3. The van der Waals surface area contributed by atoms with Gasteiger partial charge in [0.25, 0.3) is 0 Å². The molecule has 40 heavy (non-hydrogen) atoms. The molecule has 4 aromatic rings. The summed E-state index contributed by atoms with van der Waals surface area (Å²) in [5.41, 5.74) is 8.43. The highest BCUT2D eigenvalue weighted by molar-refractivity contribution is 7.80. The van der Waals surface area contributed by atoms with Crippen LogP contribution in [0.4, 0.5) is 18.9 Å². The summed E-state index contributed by atoms with van der Waals surface area (Å²) in [6.07, 6.45) is -1.76. The summed E-state index contributed by atoms with van der Waals surface area (Å²) in [5, 5.41) is 14.4. The van der Waals surface area contributed by atoms with Gasteiger partial charge in [-0.3, -0.25) is 5.43 Å². The van der Waals surface area contributed by atoms with Crippen molar-refractivity contribution >= 4 is 45.7 Å². The first kappa shape index (κ1) is 25.8. The molecule has 0 saturated carbocycles. The highest BCUT2D eigenvalue weighted by atomic mass is 32.1. The molecule has 1 aliphatic heterocycles. The summed E-state index contributed by atoms with van der Waals surface area (Å²) < 4.78 is 41.4. The van der Waals surface area contributed by atoms with Gasteiger partial charge in [0, 0.05) is 22.6 Å². The van der Waals surface area contributed by atoms with Crippen LogP contribution in [0.3, 0.4) is 0 Å². The molecule has 2 aliphatic rings. The van der Waals surface area contributed by atoms with Crippen LogP contribution in [0.1, 0.15) is 34.8 Å². The molecule has 0 amide bonds. The second-order valence-corrected chi connectivity index (χ2v) is 9.94. The molecule has 6 nitrogen and oxygen atoms in total. The quantitative estimate of drug-likeness (QED) is 0.155. The Morgan fingerprint density at radius 2 is 1.82 bits per heavy atom. The van der Waals surface area contributed by atoms with Crippen molar-refractivity contribution in [1.29, 1.82) is 0 Å². The number of fused-ring (bicyclic) bond motifs is 4. The third-order valence-corrected chi connectivity index (χ3v) is 7.16. The summed E-state index contributed by atoms with van der Waals surface area (Å²) in [6, 6.07) is 25.8. The molecule has 4 aromatic carbocycles. The number of hydrogen-bond acceptors (Lipinski definition) is 5. The van der Waals surface area contributed by atoms with Gasteiger partial charge in [-0.25, -0.2) is 0 Å². The van der Waals surface area contributed by atoms with Crippen LogP contribution in [-0.4, -0.2) is 23.4 Å². The van der Waals surface area contributed by atoms with Gasteiger partial charge in [-0.2, -0.15) is 5.10 Å². The maximum Gasteiger partial charge on any atom is 0.573 e. The Kier molecular flexibility index (Phi) is 6.85. The fourth-order valence-electron chi connectivity index (χ4n) is 5.20. The van der Waals surface area contributed by atoms with E-state index >= 15 is 0 Å². The minimum Gasteiger partial charge on any atom is -0.406 e. The van der Waals surface area contributed by atoms with E-state index < -0.39 is 6.36 Å². The number of rotatable bonds is 5. The summed E-state index contributed by atoms with van der Waals surface area (Å²) in [5.74, 6) is -0.251. The van der Waals surface area contributed by atoms with Crippen molar-refractivity contribution in [3.8, 4) is 5.75 Å². The minimum absolute atomic E-state index is 0.0144. The summed E-state index contributed by atoms with van der Waals surface area (Å²) in [6.45, 7) is 0. The molecule has 2 N–H and O–H groups in total. The van der Waals surface area contributed by atoms with E-state index in [0.29, 0.717) is 5.11 Å². The number of benzene rings is 4. The zero-order chi connectivity index (χ0) is 27.7. The number of alkyl halides is 3. The molecule has 0 fully saturated rings. The highest BCUT2D eigenvalue weighted by Crippen LogP contribution is 2.42. The average Bonchev–Trinajstić information content (AvgIpc) is 3.37. The third-order valence-electron chi connectivity index (χ3n) is 6.97. The maximum absolute atomic E-state index is 12.5. The van der Waals surface area contributed by atoms with Crippen LogP contribution in [0, 0.1) is 5.92 Å². The van der Waals surface area contributed by atoms with Crippen molar-refractivity contribution in [3.63, 3.8) is 0 Å². The summed E-state index contributed by atoms with van der Waals surface area (Å²) in [4.78, 5) is 5.75. The Bertz CT molecular complexity index is 1630. The molecular formula is C30H23F3N4O2S. The number of nitrogens with one attached hydrogen (secondary N) is 2. The molecule has 0 bridgehead atoms. The molecule has 1 heterocycles. The van der Waals surface area contributed by atoms with E-state index in [1.807, 2.05) is 54.6 Å². The van der Waals surface area contributed by atoms with E-state index in [4.69, 9.17) is 17.1 Å². The molecule has 0 radical (unpaired) electrons. The lowest BCUT2D eigenvalue weighted by Gasteiger charge is -2.25. The van der Waals surface area contributed by atoms with Crippen LogP contribution < -0.4 is 15.5 Å². The smallest absolute Gasteiger partial charge is 0.406 e. The zero-order valence-corrected chi connectivity index (χ0v) is 21.8. The molecule has 0 aromatic heterocycles. The molecule has 1 aliphatic carbocycles. The fraction of sp³-hybridized carbons (Fsp3) is 0.167. The van der Waals surface area contributed by atoms with Gasteiger partial charge in [0.1, 0.15) is 5.75 Å². The van der Waals surface area contributed by atoms with Crippen molar-refractivity contribution in [2.75, 3.05) is 5.32 Å². The number of hydrazone groups is 1. The van der Waals surface area contributed by atoms with Crippen LogP contribution in [0.25, 0.3) is 10.8 Å². The van der Waals surface area contributed by atoms with Gasteiger partial charge < -0.3 is 14.9 Å². The lowest BCUT2D eigenvalue weighted by atomic mass is 9.78. The van der Waals surface area contributed by atoms with Crippen LogP contribution in [0.2, 0.25) is 0 Å². The monoisotopic (exact) mass is 560 g/mol. The normalized spacial score (nSPS) is 18.0. The average molecular weight is 561 g/mol. The fourth-order valence-corrected chi connectivity index (χ4v) is 5.36. The van der Waals surface area contributed by atoms with Crippen LogP contribution in [-0.2, 0) is 11.3 Å². The number of anilines is 1. The predicted molar refractivity (Wildman–Crippen MR) is 153 cm³/mol. The second-order valence-electron chi connectivity index (χ2n) is 9.53. The number of ether oxygens (including phenoxy) is 1. The minimum atomic E-state index is -4.73. The largest absolute Gasteiger partial charge is 0.573 e. The Hall–Kier alpha value is -4.44. The number of nitrogens with zero attached hydrogens (tertiary/aromatic N) is 2. The molecule has 2 unspecified atom stereocenters. The number of hydrogen-bond donors (Lipinski definition) is 2. The third kappa shape index (κ3) is 5.48. The van der Waals surface area contributed by atoms with E-state index in [-0.39, 0.29) is 17.8 Å². The van der Waals surface area contributed by atoms with Crippen LogP contribution in [0.5, 0.6) is 5.75 Å². The van der Waals surface area contributed by atoms with Crippen molar-refractivity contribution in [3.05, 3.63) is 107 Å². The van der Waals surface area contributed by atoms with E-state index in [2.05, 4.69) is 31.8 Å². The first-order valence-electron chi connectivity index (χ1n) is 12.6. The molecule has 6 rings (SSSR count). The van der Waals surface area contributed by atoms with E-state index in [9.17, 15) is 13.2 Å². The maximum atomic E-state index is 12.5. The van der Waals surface area contributed by atoms with Crippen LogP contribution in [0.15, 0.2) is 95.2 Å². The van der Waals surface area contributed by atoms with Gasteiger partial charge in [0.05, 0.1) is 11.9 Å². The Morgan fingerprint density at radius 1 is 1.02 bits per heavy atom. The van der Waals surface area contributed by atoms with Crippen molar-refractivity contribution in [2.24, 2.45) is 16.2 Å². The van der Waals surface area contributed by atoms with Gasteiger partial charge in [0.2, 0.25) is 0 Å². The highest BCUT2D eigenvalue weighted by Gasteiger charge is 2.39. The first-order valence-corrected chi connectivity index (χ1v) is 13.1. The molecule has 2 atom stereocenters. The lowest BCUT2D eigenvalue weighted by molar-refractivity contribution is -0.274. The topological polar surface area (TPSA) is 67.2 Å². The Labute approximate surface area is 233 Å². The predicted octanol–water partition coefficient (Wildman–Crippen LogP) is 7.10. The second kappa shape index (κ2) is 10.6. The zero-order valence-electron chi connectivity index (χ0n) is 21.0. The van der Waals surface area contributed by atoms with Gasteiger partial charge >= 0.3 is 6.36 Å². The molecule has 10 heteroatoms.